The third-order valence-corrected chi connectivity index (χ3v) is 7.97. The molecule has 1 unspecified atom stereocenters. The minimum absolute atomic E-state index is 0.0227. The van der Waals surface area contributed by atoms with Gasteiger partial charge in [-0.15, -0.1) is 0 Å². The first kappa shape index (κ1) is 24.3. The van der Waals surface area contributed by atoms with Gasteiger partial charge < -0.3 is 16.0 Å². The second-order valence-electron chi connectivity index (χ2n) is 10.0. The zero-order valence-electron chi connectivity index (χ0n) is 20.8. The van der Waals surface area contributed by atoms with Crippen LogP contribution in [0.5, 0.6) is 0 Å². The van der Waals surface area contributed by atoms with Gasteiger partial charge in [0.05, 0.1) is 11.6 Å². The SMILES string of the molecule is CCNC1=C2NC(=O)[C@@](C)(N3CC[C@@H](c4ccccc4)[C@@H](C(=O)Nc4ccccc4)C3)C2CC(F)=C1. The van der Waals surface area contributed by atoms with Crippen LogP contribution in [0.3, 0.4) is 0 Å². The van der Waals surface area contributed by atoms with Crippen LogP contribution in [0.25, 0.3) is 0 Å². The fourth-order valence-corrected chi connectivity index (χ4v) is 6.02. The molecule has 3 aliphatic rings. The third kappa shape index (κ3) is 4.32. The van der Waals surface area contributed by atoms with Gasteiger partial charge in [0.1, 0.15) is 11.4 Å². The fourth-order valence-electron chi connectivity index (χ4n) is 6.02. The first-order valence-corrected chi connectivity index (χ1v) is 12.7. The van der Waals surface area contributed by atoms with Crippen LogP contribution in [0, 0.1) is 11.8 Å². The van der Waals surface area contributed by atoms with Crippen molar-refractivity contribution < 1.29 is 14.0 Å². The van der Waals surface area contributed by atoms with Gasteiger partial charge in [-0.25, -0.2) is 4.39 Å². The van der Waals surface area contributed by atoms with E-state index in [-0.39, 0.29) is 41.8 Å². The summed E-state index contributed by atoms with van der Waals surface area (Å²) in [6, 6.07) is 19.5. The van der Waals surface area contributed by atoms with E-state index in [9.17, 15) is 14.0 Å². The Hall–Kier alpha value is -3.45. The van der Waals surface area contributed by atoms with Crippen LogP contribution in [-0.2, 0) is 9.59 Å². The van der Waals surface area contributed by atoms with Gasteiger partial charge in [0.2, 0.25) is 11.8 Å². The van der Waals surface area contributed by atoms with Crippen molar-refractivity contribution in [1.29, 1.82) is 0 Å². The highest BCUT2D eigenvalue weighted by Crippen LogP contribution is 2.46. The molecule has 0 spiro atoms. The first-order valence-electron chi connectivity index (χ1n) is 12.7. The molecule has 5 rings (SSSR count). The van der Waals surface area contributed by atoms with Crippen molar-refractivity contribution in [3.8, 4) is 0 Å². The molecule has 2 saturated heterocycles. The molecule has 2 fully saturated rings. The van der Waals surface area contributed by atoms with Crippen LogP contribution in [0.15, 0.2) is 84.0 Å². The van der Waals surface area contributed by atoms with E-state index in [1.807, 2.05) is 62.4 Å². The number of halogens is 1. The van der Waals surface area contributed by atoms with Crippen molar-refractivity contribution in [2.24, 2.45) is 11.8 Å². The average molecular weight is 489 g/mol. The Morgan fingerprint density at radius 2 is 1.83 bits per heavy atom. The molecular formula is C29H33FN4O2. The summed E-state index contributed by atoms with van der Waals surface area (Å²) in [6.45, 7) is 5.53. The van der Waals surface area contributed by atoms with Gasteiger partial charge in [-0.05, 0) is 56.5 Å². The second-order valence-corrected chi connectivity index (χ2v) is 10.0. The maximum Gasteiger partial charge on any atom is 0.245 e. The molecule has 4 atom stereocenters. The van der Waals surface area contributed by atoms with Gasteiger partial charge in [-0.1, -0.05) is 48.5 Å². The molecule has 1 aliphatic carbocycles. The quantitative estimate of drug-likeness (QED) is 0.567. The fraction of sp³-hybridized carbons (Fsp3) is 0.379. The number of amides is 2. The first-order chi connectivity index (χ1) is 17.4. The number of para-hydroxylation sites is 1. The maximum atomic E-state index is 14.7. The van der Waals surface area contributed by atoms with E-state index < -0.39 is 5.54 Å². The van der Waals surface area contributed by atoms with E-state index in [2.05, 4.69) is 33.0 Å². The van der Waals surface area contributed by atoms with Crippen molar-refractivity contribution in [3.05, 3.63) is 89.5 Å². The zero-order chi connectivity index (χ0) is 25.3. The smallest absolute Gasteiger partial charge is 0.245 e. The maximum absolute atomic E-state index is 14.7. The molecule has 6 nitrogen and oxygen atoms in total. The Bertz CT molecular complexity index is 1200. The lowest BCUT2D eigenvalue weighted by Gasteiger charge is -2.47. The molecule has 7 heteroatoms. The molecule has 3 N–H and O–H groups in total. The summed E-state index contributed by atoms with van der Waals surface area (Å²) in [5, 5.41) is 9.33. The number of benzene rings is 2. The van der Waals surface area contributed by atoms with Gasteiger partial charge in [0.15, 0.2) is 0 Å². The highest BCUT2D eigenvalue weighted by Gasteiger charge is 2.56. The molecule has 0 bridgehead atoms. The Morgan fingerprint density at radius 3 is 2.53 bits per heavy atom. The van der Waals surface area contributed by atoms with E-state index in [0.29, 0.717) is 25.3 Å². The number of nitrogens with zero attached hydrogens (tertiary/aromatic N) is 1. The third-order valence-electron chi connectivity index (χ3n) is 7.97. The van der Waals surface area contributed by atoms with Gasteiger partial charge >= 0.3 is 0 Å². The van der Waals surface area contributed by atoms with Gasteiger partial charge in [-0.2, -0.15) is 0 Å². The van der Waals surface area contributed by atoms with Crippen molar-refractivity contribution in [2.75, 3.05) is 25.0 Å². The summed E-state index contributed by atoms with van der Waals surface area (Å²) < 4.78 is 14.7. The van der Waals surface area contributed by atoms with E-state index in [0.717, 1.165) is 23.4 Å². The highest BCUT2D eigenvalue weighted by atomic mass is 19.1. The molecule has 0 saturated carbocycles. The van der Waals surface area contributed by atoms with Crippen LogP contribution in [-0.4, -0.2) is 41.9 Å². The molecular weight excluding hydrogens is 455 g/mol. The van der Waals surface area contributed by atoms with Crippen LogP contribution in [0.1, 0.15) is 38.2 Å². The number of anilines is 1. The second kappa shape index (κ2) is 9.90. The van der Waals surface area contributed by atoms with Crippen LogP contribution < -0.4 is 16.0 Å². The number of likely N-dealkylation sites (tertiary alicyclic amines) is 1. The summed E-state index contributed by atoms with van der Waals surface area (Å²) >= 11 is 0. The molecule has 188 valence electrons. The Kier molecular flexibility index (Phi) is 6.67. The number of allylic oxidation sites excluding steroid dienone is 2. The largest absolute Gasteiger partial charge is 0.384 e. The number of hydrogen-bond acceptors (Lipinski definition) is 4. The summed E-state index contributed by atoms with van der Waals surface area (Å²) in [5.74, 6) is -1.12. The number of likely N-dealkylation sites (N-methyl/N-ethyl adjacent to an activating group) is 1. The topological polar surface area (TPSA) is 73.5 Å². The predicted molar refractivity (Wildman–Crippen MR) is 138 cm³/mol. The number of rotatable bonds is 6. The molecule has 0 aromatic heterocycles. The molecule has 2 aromatic carbocycles. The summed E-state index contributed by atoms with van der Waals surface area (Å²) in [6.07, 6.45) is 2.38. The van der Waals surface area contributed by atoms with Crippen molar-refractivity contribution in [3.63, 3.8) is 0 Å². The van der Waals surface area contributed by atoms with Gasteiger partial charge in [0, 0.05) is 36.8 Å². The van der Waals surface area contributed by atoms with Crippen molar-refractivity contribution in [2.45, 2.75) is 38.1 Å². The van der Waals surface area contributed by atoms with Gasteiger partial charge in [0.25, 0.3) is 0 Å². The van der Waals surface area contributed by atoms with Crippen LogP contribution in [0.4, 0.5) is 10.1 Å². The number of nitrogens with one attached hydrogen (secondary N) is 3. The number of hydrogen-bond donors (Lipinski definition) is 3. The lowest BCUT2D eigenvalue weighted by molar-refractivity contribution is -0.135. The normalized spacial score (nSPS) is 28.2. The van der Waals surface area contributed by atoms with E-state index in [4.69, 9.17) is 0 Å². The molecule has 36 heavy (non-hydrogen) atoms. The molecule has 2 aromatic rings. The molecule has 2 heterocycles. The Balaban J connectivity index is 1.46. The number of carbonyl (C=O) groups is 2. The lowest BCUT2D eigenvalue weighted by Crippen LogP contribution is -2.60. The number of piperidine rings is 1. The highest BCUT2D eigenvalue weighted by molar-refractivity contribution is 5.94. The summed E-state index contributed by atoms with van der Waals surface area (Å²) in [7, 11) is 0. The monoisotopic (exact) mass is 488 g/mol. The minimum atomic E-state index is -0.950. The standard InChI is InChI=1S/C29H33FN4O2/c1-3-31-25-17-20(30)16-24-26(25)33-28(36)29(24,2)34-15-14-22(19-10-6-4-7-11-19)23(18-34)27(35)32-21-12-8-5-9-13-21/h4-13,17,22-24,31H,3,14-16,18H2,1-2H3,(H,32,35)(H,33,36)/t22-,23-,24?,29-/m0/s1. The van der Waals surface area contributed by atoms with Crippen LogP contribution >= 0.6 is 0 Å². The van der Waals surface area contributed by atoms with Crippen molar-refractivity contribution >= 4 is 17.5 Å². The minimum Gasteiger partial charge on any atom is -0.384 e. The Labute approximate surface area is 211 Å². The van der Waals surface area contributed by atoms with Crippen LogP contribution in [0.2, 0.25) is 0 Å². The van der Waals surface area contributed by atoms with Gasteiger partial charge in [-0.3, -0.25) is 14.5 Å². The van der Waals surface area contributed by atoms with E-state index >= 15 is 0 Å². The molecule has 0 radical (unpaired) electrons. The Morgan fingerprint density at radius 1 is 1.14 bits per heavy atom. The number of fused-ring (bicyclic) bond motifs is 1. The predicted octanol–water partition coefficient (Wildman–Crippen LogP) is 4.31. The zero-order valence-corrected chi connectivity index (χ0v) is 20.8. The van der Waals surface area contributed by atoms with E-state index in [1.165, 1.54) is 6.08 Å². The summed E-state index contributed by atoms with van der Waals surface area (Å²) in [5.41, 5.74) is 2.31. The number of carbonyl (C=O) groups excluding carboxylic acids is 2. The molecule has 2 aliphatic heterocycles. The average Bonchev–Trinajstić information content (AvgIpc) is 3.16. The summed E-state index contributed by atoms with van der Waals surface area (Å²) in [4.78, 5) is 29.2. The lowest BCUT2D eigenvalue weighted by atomic mass is 9.74. The molecule has 2 amide bonds. The van der Waals surface area contributed by atoms with Crippen molar-refractivity contribution in [1.82, 2.24) is 15.5 Å². The van der Waals surface area contributed by atoms with E-state index in [1.54, 1.807) is 0 Å².